The Morgan fingerprint density at radius 1 is 1.33 bits per heavy atom. The maximum atomic E-state index is 12.3. The molecular formula is C9H5Br2F3O. The molecule has 0 aliphatic rings. The third-order valence-electron chi connectivity index (χ3n) is 1.72. The Balaban J connectivity index is 3.15. The van der Waals surface area contributed by atoms with Gasteiger partial charge in [-0.3, -0.25) is 4.79 Å². The van der Waals surface area contributed by atoms with E-state index >= 15 is 0 Å². The summed E-state index contributed by atoms with van der Waals surface area (Å²) in [4.78, 5) is 11.2. The summed E-state index contributed by atoms with van der Waals surface area (Å²) in [7, 11) is 0. The Morgan fingerprint density at radius 2 is 1.93 bits per heavy atom. The number of carbonyl (C=O) groups excluding carboxylic acids is 1. The number of hydrogen-bond acceptors (Lipinski definition) is 1. The summed E-state index contributed by atoms with van der Waals surface area (Å²) in [6, 6.07) is 2.95. The van der Waals surface area contributed by atoms with E-state index in [1.54, 1.807) is 0 Å². The molecule has 0 saturated carbocycles. The highest BCUT2D eigenvalue weighted by atomic mass is 79.9. The fraction of sp³-hybridized carbons (Fsp3) is 0.222. The van der Waals surface area contributed by atoms with Crippen LogP contribution < -0.4 is 0 Å². The molecule has 0 bridgehead atoms. The van der Waals surface area contributed by atoms with Crippen molar-refractivity contribution in [2.75, 3.05) is 5.33 Å². The first-order chi connectivity index (χ1) is 6.86. The minimum absolute atomic E-state index is 0.0803. The van der Waals surface area contributed by atoms with E-state index in [9.17, 15) is 18.0 Å². The fourth-order valence-electron chi connectivity index (χ4n) is 0.990. The minimum atomic E-state index is -4.39. The zero-order valence-corrected chi connectivity index (χ0v) is 10.4. The van der Waals surface area contributed by atoms with Gasteiger partial charge in [-0.25, -0.2) is 0 Å². The predicted molar refractivity (Wildman–Crippen MR) is 57.3 cm³/mol. The molecule has 1 rings (SSSR count). The predicted octanol–water partition coefficient (Wildman–Crippen LogP) is 4.05. The van der Waals surface area contributed by atoms with E-state index in [-0.39, 0.29) is 21.1 Å². The highest BCUT2D eigenvalue weighted by molar-refractivity contribution is 9.10. The molecule has 0 fully saturated rings. The van der Waals surface area contributed by atoms with Gasteiger partial charge in [0.1, 0.15) is 0 Å². The lowest BCUT2D eigenvalue weighted by molar-refractivity contribution is -0.137. The lowest BCUT2D eigenvalue weighted by Gasteiger charge is -2.08. The first-order valence-corrected chi connectivity index (χ1v) is 5.73. The Kier molecular flexibility index (Phi) is 3.94. The molecule has 0 aliphatic carbocycles. The topological polar surface area (TPSA) is 17.1 Å². The summed E-state index contributed by atoms with van der Waals surface area (Å²) in [6.45, 7) is 0. The first kappa shape index (κ1) is 12.7. The summed E-state index contributed by atoms with van der Waals surface area (Å²) in [6.07, 6.45) is -4.39. The molecule has 82 valence electrons. The van der Waals surface area contributed by atoms with E-state index < -0.39 is 11.7 Å². The normalized spacial score (nSPS) is 11.5. The average molecular weight is 346 g/mol. The number of rotatable bonds is 2. The minimum Gasteiger partial charge on any atom is -0.293 e. The van der Waals surface area contributed by atoms with E-state index in [1.807, 2.05) is 0 Å². The fourth-order valence-corrected chi connectivity index (χ4v) is 1.89. The Bertz CT molecular complexity index is 387. The average Bonchev–Trinajstić information content (AvgIpc) is 2.15. The van der Waals surface area contributed by atoms with Gasteiger partial charge in [0.25, 0.3) is 0 Å². The van der Waals surface area contributed by atoms with Crippen LogP contribution in [0.3, 0.4) is 0 Å². The monoisotopic (exact) mass is 344 g/mol. The molecule has 0 heterocycles. The maximum absolute atomic E-state index is 12.3. The molecule has 0 spiro atoms. The van der Waals surface area contributed by atoms with Crippen LogP contribution in [0.1, 0.15) is 15.9 Å². The van der Waals surface area contributed by atoms with Gasteiger partial charge in [-0.2, -0.15) is 13.2 Å². The standard InChI is InChI=1S/C9H5Br2F3O/c10-4-8(15)6-2-1-5(3-7(6)11)9(12,13)14/h1-3H,4H2. The van der Waals surface area contributed by atoms with Gasteiger partial charge in [0.2, 0.25) is 0 Å². The van der Waals surface area contributed by atoms with Crippen LogP contribution >= 0.6 is 31.9 Å². The van der Waals surface area contributed by atoms with E-state index in [2.05, 4.69) is 31.9 Å². The lowest BCUT2D eigenvalue weighted by Crippen LogP contribution is -2.07. The summed E-state index contributed by atoms with van der Waals surface area (Å²) < 4.78 is 37.0. The first-order valence-electron chi connectivity index (χ1n) is 3.82. The van der Waals surface area contributed by atoms with Crippen LogP contribution in [0.15, 0.2) is 22.7 Å². The molecular weight excluding hydrogens is 341 g/mol. The molecule has 0 aromatic heterocycles. The van der Waals surface area contributed by atoms with Crippen molar-refractivity contribution in [3.05, 3.63) is 33.8 Å². The van der Waals surface area contributed by atoms with Crippen molar-refractivity contribution < 1.29 is 18.0 Å². The van der Waals surface area contributed by atoms with Gasteiger partial charge in [-0.15, -0.1) is 0 Å². The van der Waals surface area contributed by atoms with Crippen molar-refractivity contribution in [2.45, 2.75) is 6.18 Å². The second-order valence-electron chi connectivity index (χ2n) is 2.75. The Labute approximate surface area is 101 Å². The van der Waals surface area contributed by atoms with Crippen LogP contribution in [0.25, 0.3) is 0 Å². The van der Waals surface area contributed by atoms with Crippen molar-refractivity contribution in [1.82, 2.24) is 0 Å². The second-order valence-corrected chi connectivity index (χ2v) is 4.16. The van der Waals surface area contributed by atoms with Crippen LogP contribution in [-0.4, -0.2) is 11.1 Å². The van der Waals surface area contributed by atoms with Crippen molar-refractivity contribution in [3.8, 4) is 0 Å². The number of halogens is 5. The van der Waals surface area contributed by atoms with Gasteiger partial charge < -0.3 is 0 Å². The lowest BCUT2D eigenvalue weighted by atomic mass is 10.1. The van der Waals surface area contributed by atoms with Gasteiger partial charge in [0, 0.05) is 10.0 Å². The van der Waals surface area contributed by atoms with E-state index in [0.717, 1.165) is 18.2 Å². The number of ketones is 1. The van der Waals surface area contributed by atoms with Crippen molar-refractivity contribution in [1.29, 1.82) is 0 Å². The van der Waals surface area contributed by atoms with Crippen molar-refractivity contribution in [3.63, 3.8) is 0 Å². The van der Waals surface area contributed by atoms with E-state index in [4.69, 9.17) is 0 Å². The summed E-state index contributed by atoms with van der Waals surface area (Å²) in [5, 5.41) is 0.0803. The number of benzene rings is 1. The quantitative estimate of drug-likeness (QED) is 0.584. The molecule has 15 heavy (non-hydrogen) atoms. The van der Waals surface area contributed by atoms with Gasteiger partial charge in [0.05, 0.1) is 10.9 Å². The highest BCUT2D eigenvalue weighted by Crippen LogP contribution is 2.32. The maximum Gasteiger partial charge on any atom is 0.416 e. The molecule has 0 aliphatic heterocycles. The van der Waals surface area contributed by atoms with Gasteiger partial charge >= 0.3 is 6.18 Å². The van der Waals surface area contributed by atoms with Crippen molar-refractivity contribution in [2.24, 2.45) is 0 Å². The SMILES string of the molecule is O=C(CBr)c1ccc(C(F)(F)F)cc1Br. The van der Waals surface area contributed by atoms with Crippen LogP contribution in [0.4, 0.5) is 13.2 Å². The third kappa shape index (κ3) is 3.04. The molecule has 1 aromatic carbocycles. The molecule has 1 nitrogen and oxygen atoms in total. The van der Waals surface area contributed by atoms with Crippen molar-refractivity contribution >= 4 is 37.6 Å². The largest absolute Gasteiger partial charge is 0.416 e. The number of alkyl halides is 4. The molecule has 0 N–H and O–H groups in total. The Hall–Kier alpha value is -0.360. The summed E-state index contributed by atoms with van der Waals surface area (Å²) in [5.74, 6) is -0.268. The van der Waals surface area contributed by atoms with Gasteiger partial charge in [-0.05, 0) is 18.2 Å². The zero-order valence-electron chi connectivity index (χ0n) is 7.24. The van der Waals surface area contributed by atoms with E-state index in [0.29, 0.717) is 0 Å². The number of carbonyl (C=O) groups is 1. The molecule has 6 heteroatoms. The third-order valence-corrected chi connectivity index (χ3v) is 2.88. The van der Waals surface area contributed by atoms with Crippen LogP contribution in [0, 0.1) is 0 Å². The molecule has 0 radical (unpaired) electrons. The summed E-state index contributed by atoms with van der Waals surface area (Å²) >= 11 is 5.89. The Morgan fingerprint density at radius 3 is 2.33 bits per heavy atom. The smallest absolute Gasteiger partial charge is 0.293 e. The molecule has 1 aromatic rings. The van der Waals surface area contributed by atoms with Gasteiger partial charge in [-0.1, -0.05) is 31.9 Å². The van der Waals surface area contributed by atoms with E-state index in [1.165, 1.54) is 0 Å². The van der Waals surface area contributed by atoms with Crippen LogP contribution in [-0.2, 0) is 6.18 Å². The number of Topliss-reactive ketones (excluding diaryl/α,β-unsaturated/α-hetero) is 1. The van der Waals surface area contributed by atoms with Crippen LogP contribution in [0.5, 0.6) is 0 Å². The van der Waals surface area contributed by atoms with Crippen LogP contribution in [0.2, 0.25) is 0 Å². The molecule has 0 saturated heterocycles. The highest BCUT2D eigenvalue weighted by Gasteiger charge is 2.31. The van der Waals surface area contributed by atoms with Gasteiger partial charge in [0.15, 0.2) is 5.78 Å². The number of hydrogen-bond donors (Lipinski definition) is 0. The summed E-state index contributed by atoms with van der Waals surface area (Å²) in [5.41, 5.74) is -0.541. The second kappa shape index (κ2) is 4.65. The molecule has 0 unspecified atom stereocenters. The molecule has 0 atom stereocenters. The molecule has 0 amide bonds. The zero-order chi connectivity index (χ0) is 11.6.